The molecule has 0 heterocycles. The van der Waals surface area contributed by atoms with Gasteiger partial charge in [0.25, 0.3) is 10.1 Å². The summed E-state index contributed by atoms with van der Waals surface area (Å²) in [7, 11) is -3.88. The topological polar surface area (TPSA) is 97.5 Å². The monoisotopic (exact) mass is 345 g/mol. The van der Waals surface area contributed by atoms with Gasteiger partial charge in [-0.15, -0.1) is 0 Å². The maximum Gasteiger partial charge on any atom is 1.00 e. The number of nitrogens with two attached hydrogens (primary N) is 1. The molecule has 0 bridgehead atoms. The van der Waals surface area contributed by atoms with Gasteiger partial charge in [-0.2, -0.15) is 14.8 Å². The summed E-state index contributed by atoms with van der Waals surface area (Å²) >= 11 is 0. The summed E-state index contributed by atoms with van der Waals surface area (Å²) in [4.78, 5) is 9.89. The van der Waals surface area contributed by atoms with Crippen molar-refractivity contribution in [3.63, 3.8) is 0 Å². The van der Waals surface area contributed by atoms with Gasteiger partial charge in [-0.3, -0.25) is 10.8 Å². The van der Waals surface area contributed by atoms with Crippen LogP contribution in [0.15, 0.2) is 0 Å². The standard InChI is InChI=1S/C12H23O.C3H9NO3S.Na/c1-2-3-4-5-6-7-8-9-10-11-12-13;1-3(2-4)8(5,6)7;/h2-11H2,1H3;3H,2,4H2,1H3,(H,5,6,7);/q-1;;+1. The summed E-state index contributed by atoms with van der Waals surface area (Å²) in [6.45, 7) is 3.55. The largest absolute Gasteiger partial charge is 1.00 e. The van der Waals surface area contributed by atoms with E-state index in [2.05, 4.69) is 6.92 Å². The molecule has 0 saturated carbocycles. The summed E-state index contributed by atoms with van der Waals surface area (Å²) in [5, 5.41) is -0.845. The Morgan fingerprint density at radius 1 is 1.00 bits per heavy atom. The molecule has 0 aliphatic carbocycles. The van der Waals surface area contributed by atoms with Crippen LogP contribution in [-0.2, 0) is 14.9 Å². The Labute approximate surface area is 158 Å². The number of hydrogen-bond acceptors (Lipinski definition) is 4. The number of carbonyl (C=O) groups excluding carboxylic acids is 1. The van der Waals surface area contributed by atoms with Gasteiger partial charge >= 0.3 is 29.6 Å². The molecular weight excluding hydrogens is 313 g/mol. The van der Waals surface area contributed by atoms with Gasteiger partial charge in [0, 0.05) is 6.54 Å². The van der Waals surface area contributed by atoms with Crippen LogP contribution in [0.25, 0.3) is 0 Å². The van der Waals surface area contributed by atoms with Crippen LogP contribution in [-0.4, -0.2) is 31.1 Å². The van der Waals surface area contributed by atoms with Gasteiger partial charge in [-0.05, 0) is 6.92 Å². The van der Waals surface area contributed by atoms with E-state index in [1.165, 1.54) is 58.3 Å². The Morgan fingerprint density at radius 2 is 1.41 bits per heavy atom. The third-order valence-corrected chi connectivity index (χ3v) is 4.43. The maximum atomic E-state index is 10.0. The van der Waals surface area contributed by atoms with Crippen LogP contribution in [0.3, 0.4) is 0 Å². The van der Waals surface area contributed by atoms with Gasteiger partial charge in [0.2, 0.25) is 0 Å². The van der Waals surface area contributed by atoms with Crippen LogP contribution in [0.2, 0.25) is 0 Å². The first-order chi connectivity index (χ1) is 9.90. The van der Waals surface area contributed by atoms with Crippen LogP contribution < -0.4 is 35.3 Å². The second kappa shape index (κ2) is 19.6. The zero-order valence-corrected chi connectivity index (χ0v) is 17.3. The second-order valence-corrected chi connectivity index (χ2v) is 7.12. The molecule has 7 heteroatoms. The summed E-state index contributed by atoms with van der Waals surface area (Å²) < 4.78 is 28.3. The quantitative estimate of drug-likeness (QED) is 0.229. The van der Waals surface area contributed by atoms with E-state index in [-0.39, 0.29) is 36.1 Å². The van der Waals surface area contributed by atoms with Gasteiger partial charge in [0.15, 0.2) is 0 Å². The van der Waals surface area contributed by atoms with Gasteiger partial charge in [0.05, 0.1) is 5.25 Å². The van der Waals surface area contributed by atoms with Crippen molar-refractivity contribution in [2.45, 2.75) is 83.3 Å². The molecule has 1 unspecified atom stereocenters. The Balaban J connectivity index is -0.000000348. The molecule has 0 aromatic carbocycles. The minimum absolute atomic E-state index is 0. The Morgan fingerprint density at radius 3 is 1.68 bits per heavy atom. The molecule has 22 heavy (non-hydrogen) atoms. The van der Waals surface area contributed by atoms with Gasteiger partial charge in [-0.1, -0.05) is 64.7 Å². The minimum Gasteiger partial charge on any atom is -0.542 e. The normalized spacial score (nSPS) is 11.8. The predicted molar refractivity (Wildman–Crippen MR) is 87.6 cm³/mol. The molecular formula is C15H32NNaO4S. The van der Waals surface area contributed by atoms with E-state index in [4.69, 9.17) is 10.3 Å². The molecule has 0 spiro atoms. The van der Waals surface area contributed by atoms with Crippen molar-refractivity contribution in [2.24, 2.45) is 5.73 Å². The molecule has 0 rings (SSSR count). The van der Waals surface area contributed by atoms with Crippen molar-refractivity contribution in [1.82, 2.24) is 0 Å². The van der Waals surface area contributed by atoms with Crippen molar-refractivity contribution in [1.29, 1.82) is 0 Å². The average molecular weight is 345 g/mol. The Bertz CT molecular complexity index is 324. The smallest absolute Gasteiger partial charge is 0.542 e. The molecule has 3 N–H and O–H groups in total. The molecule has 0 amide bonds. The van der Waals surface area contributed by atoms with Gasteiger partial charge in [-0.25, -0.2) is 0 Å². The first-order valence-electron chi connectivity index (χ1n) is 7.91. The van der Waals surface area contributed by atoms with Gasteiger partial charge < -0.3 is 10.5 Å². The predicted octanol–water partition coefficient (Wildman–Crippen LogP) is 0.242. The molecule has 0 saturated heterocycles. The van der Waals surface area contributed by atoms with Crippen molar-refractivity contribution in [3.05, 3.63) is 0 Å². The SMILES string of the molecule is CC(CN)S(=O)(=O)O.CCCCCCCCCCC[C-]=O.[Na+]. The maximum absolute atomic E-state index is 10.0. The van der Waals surface area contributed by atoms with Crippen LogP contribution in [0, 0.1) is 0 Å². The van der Waals surface area contributed by atoms with Crippen LogP contribution in [0.5, 0.6) is 0 Å². The van der Waals surface area contributed by atoms with Crippen LogP contribution in [0.1, 0.15) is 78.1 Å². The van der Waals surface area contributed by atoms with Gasteiger partial charge in [0.1, 0.15) is 0 Å². The number of rotatable bonds is 12. The molecule has 0 aliphatic rings. The first kappa shape index (κ1) is 27.4. The Kier molecular flexibility index (Phi) is 24.4. The van der Waals surface area contributed by atoms with E-state index in [1.54, 1.807) is 0 Å². The molecule has 0 aromatic heterocycles. The zero-order valence-electron chi connectivity index (χ0n) is 14.5. The molecule has 0 fully saturated rings. The van der Waals surface area contributed by atoms with E-state index in [0.717, 1.165) is 6.42 Å². The Hall–Kier alpha value is 0.540. The van der Waals surface area contributed by atoms with E-state index in [1.807, 2.05) is 6.29 Å². The number of unbranched alkanes of at least 4 members (excludes halogenated alkanes) is 9. The van der Waals surface area contributed by atoms with E-state index < -0.39 is 15.4 Å². The second-order valence-electron chi connectivity index (χ2n) is 5.28. The summed E-state index contributed by atoms with van der Waals surface area (Å²) in [6.07, 6.45) is 14.4. The van der Waals surface area contributed by atoms with Crippen LogP contribution >= 0.6 is 0 Å². The first-order valence-corrected chi connectivity index (χ1v) is 9.41. The van der Waals surface area contributed by atoms with Crippen molar-refractivity contribution < 1.29 is 47.3 Å². The summed E-state index contributed by atoms with van der Waals surface area (Å²) in [5.41, 5.74) is 4.92. The summed E-state index contributed by atoms with van der Waals surface area (Å²) in [5.74, 6) is 0. The van der Waals surface area contributed by atoms with Crippen LogP contribution in [0.4, 0.5) is 0 Å². The average Bonchev–Trinajstić information content (AvgIpc) is 2.44. The fraction of sp³-hybridized carbons (Fsp3) is 0.933. The van der Waals surface area contributed by atoms with Crippen molar-refractivity contribution >= 4 is 16.4 Å². The molecule has 128 valence electrons. The van der Waals surface area contributed by atoms with Crippen molar-refractivity contribution in [3.8, 4) is 0 Å². The summed E-state index contributed by atoms with van der Waals surface area (Å²) in [6, 6.07) is 0. The number of hydrogen-bond donors (Lipinski definition) is 2. The molecule has 5 nitrogen and oxygen atoms in total. The third-order valence-electron chi connectivity index (χ3n) is 3.22. The minimum atomic E-state index is -3.88. The third kappa shape index (κ3) is 22.8. The molecule has 0 radical (unpaired) electrons. The fourth-order valence-corrected chi connectivity index (χ4v) is 1.87. The fourth-order valence-electron chi connectivity index (χ4n) is 1.63. The van der Waals surface area contributed by atoms with E-state index in [0.29, 0.717) is 6.42 Å². The molecule has 1 atom stereocenters. The van der Waals surface area contributed by atoms with E-state index >= 15 is 0 Å². The zero-order chi connectivity index (χ0) is 16.6. The molecule has 0 aliphatic heterocycles. The van der Waals surface area contributed by atoms with E-state index in [9.17, 15) is 13.2 Å². The molecule has 0 aromatic rings. The van der Waals surface area contributed by atoms with Crippen molar-refractivity contribution in [2.75, 3.05) is 6.54 Å².